The first-order valence-electron chi connectivity index (χ1n) is 6.14. The topological polar surface area (TPSA) is 74.8 Å². The van der Waals surface area contributed by atoms with Crippen LogP contribution in [0.25, 0.3) is 0 Å². The maximum atomic E-state index is 11.7. The number of hydrogen-bond acceptors (Lipinski definition) is 4. The Hall–Kier alpha value is -2.08. The molecule has 0 radical (unpaired) electrons. The van der Waals surface area contributed by atoms with E-state index in [1.54, 1.807) is 0 Å². The standard InChI is InChI=1S/C14H15N3O2S/c1-10-4-2-3-5-11(10)8-16-13(19)9-20-14-15-7-6-12(18)17-14/h2-7H,8-9H2,1H3,(H,16,19)(H,15,17,18). The van der Waals surface area contributed by atoms with Gasteiger partial charge in [0.1, 0.15) is 0 Å². The van der Waals surface area contributed by atoms with Crippen molar-refractivity contribution < 1.29 is 4.79 Å². The number of rotatable bonds is 5. The molecule has 5 nitrogen and oxygen atoms in total. The Kier molecular flexibility index (Phi) is 4.95. The molecule has 0 unspecified atom stereocenters. The highest BCUT2D eigenvalue weighted by Gasteiger charge is 2.05. The molecule has 6 heteroatoms. The number of benzene rings is 1. The van der Waals surface area contributed by atoms with E-state index >= 15 is 0 Å². The highest BCUT2D eigenvalue weighted by Crippen LogP contribution is 2.10. The van der Waals surface area contributed by atoms with E-state index in [1.165, 1.54) is 24.0 Å². The van der Waals surface area contributed by atoms with Crippen molar-refractivity contribution in [1.29, 1.82) is 0 Å². The molecule has 0 saturated heterocycles. The molecule has 1 aromatic carbocycles. The molecule has 104 valence electrons. The van der Waals surface area contributed by atoms with Crippen molar-refractivity contribution >= 4 is 17.7 Å². The predicted molar refractivity (Wildman–Crippen MR) is 78.6 cm³/mol. The average molecular weight is 289 g/mol. The molecule has 0 saturated carbocycles. The average Bonchev–Trinajstić information content (AvgIpc) is 2.44. The second-order valence-electron chi connectivity index (χ2n) is 4.23. The van der Waals surface area contributed by atoms with E-state index in [9.17, 15) is 9.59 Å². The van der Waals surface area contributed by atoms with Gasteiger partial charge >= 0.3 is 0 Å². The number of carbonyl (C=O) groups excluding carboxylic acids is 1. The molecular formula is C14H15N3O2S. The number of nitrogens with one attached hydrogen (secondary N) is 2. The third kappa shape index (κ3) is 4.24. The highest BCUT2D eigenvalue weighted by molar-refractivity contribution is 7.99. The van der Waals surface area contributed by atoms with Crippen LogP contribution in [0.2, 0.25) is 0 Å². The molecule has 2 N–H and O–H groups in total. The normalized spacial score (nSPS) is 10.2. The molecule has 2 rings (SSSR count). The summed E-state index contributed by atoms with van der Waals surface area (Å²) in [7, 11) is 0. The van der Waals surface area contributed by atoms with Crippen molar-refractivity contribution in [3.05, 3.63) is 58.0 Å². The lowest BCUT2D eigenvalue weighted by atomic mass is 10.1. The van der Waals surface area contributed by atoms with Crippen LogP contribution in [0.3, 0.4) is 0 Å². The minimum Gasteiger partial charge on any atom is -0.351 e. The molecule has 1 heterocycles. The molecule has 2 aromatic rings. The van der Waals surface area contributed by atoms with E-state index in [4.69, 9.17) is 0 Å². The quantitative estimate of drug-likeness (QED) is 0.646. The molecule has 0 aliphatic rings. The largest absolute Gasteiger partial charge is 0.351 e. The van der Waals surface area contributed by atoms with Crippen LogP contribution in [0.5, 0.6) is 0 Å². The van der Waals surface area contributed by atoms with E-state index in [2.05, 4.69) is 15.3 Å². The number of aromatic nitrogens is 2. The molecule has 0 spiro atoms. The van der Waals surface area contributed by atoms with E-state index in [-0.39, 0.29) is 17.2 Å². The second kappa shape index (κ2) is 6.91. The van der Waals surface area contributed by atoms with Crippen LogP contribution < -0.4 is 10.9 Å². The summed E-state index contributed by atoms with van der Waals surface area (Å²) in [4.78, 5) is 29.3. The van der Waals surface area contributed by atoms with E-state index in [1.807, 2.05) is 31.2 Å². The van der Waals surface area contributed by atoms with E-state index < -0.39 is 0 Å². The number of aromatic amines is 1. The molecule has 0 aliphatic heterocycles. The number of carbonyl (C=O) groups is 1. The Balaban J connectivity index is 1.82. The Bertz CT molecular complexity index is 655. The van der Waals surface area contributed by atoms with Gasteiger partial charge in [-0.05, 0) is 18.1 Å². The van der Waals surface area contributed by atoms with Crippen LogP contribution in [-0.2, 0) is 11.3 Å². The second-order valence-corrected chi connectivity index (χ2v) is 5.20. The smallest absolute Gasteiger partial charge is 0.251 e. The fourth-order valence-corrected chi connectivity index (χ4v) is 2.29. The van der Waals surface area contributed by atoms with Gasteiger partial charge < -0.3 is 10.3 Å². The van der Waals surface area contributed by atoms with Crippen molar-refractivity contribution in [3.63, 3.8) is 0 Å². The summed E-state index contributed by atoms with van der Waals surface area (Å²) < 4.78 is 0. The number of H-pyrrole nitrogens is 1. The summed E-state index contributed by atoms with van der Waals surface area (Å²) in [5, 5.41) is 3.29. The maximum absolute atomic E-state index is 11.7. The van der Waals surface area contributed by atoms with Crippen LogP contribution >= 0.6 is 11.8 Å². The Morgan fingerprint density at radius 2 is 2.15 bits per heavy atom. The van der Waals surface area contributed by atoms with Crippen LogP contribution in [0, 0.1) is 6.92 Å². The van der Waals surface area contributed by atoms with Gasteiger partial charge in [0.05, 0.1) is 5.75 Å². The number of thioether (sulfide) groups is 1. The van der Waals surface area contributed by atoms with Crippen molar-refractivity contribution in [2.45, 2.75) is 18.6 Å². The number of aryl methyl sites for hydroxylation is 1. The first-order chi connectivity index (χ1) is 9.65. The van der Waals surface area contributed by atoms with Crippen LogP contribution in [0.1, 0.15) is 11.1 Å². The van der Waals surface area contributed by atoms with Crippen molar-refractivity contribution in [2.75, 3.05) is 5.75 Å². The first-order valence-corrected chi connectivity index (χ1v) is 7.13. The predicted octanol–water partition coefficient (Wildman–Crippen LogP) is 1.49. The van der Waals surface area contributed by atoms with Gasteiger partial charge in [0.25, 0.3) is 5.56 Å². The lowest BCUT2D eigenvalue weighted by Crippen LogP contribution is -2.25. The van der Waals surface area contributed by atoms with Gasteiger partial charge in [0, 0.05) is 18.8 Å². The van der Waals surface area contributed by atoms with Crippen molar-refractivity contribution in [3.8, 4) is 0 Å². The minimum absolute atomic E-state index is 0.0928. The van der Waals surface area contributed by atoms with Gasteiger partial charge in [-0.15, -0.1) is 0 Å². The van der Waals surface area contributed by atoms with Crippen LogP contribution in [0.4, 0.5) is 0 Å². The molecule has 20 heavy (non-hydrogen) atoms. The van der Waals surface area contributed by atoms with Crippen LogP contribution in [-0.4, -0.2) is 21.6 Å². The molecule has 0 atom stereocenters. The third-order valence-corrected chi connectivity index (χ3v) is 3.61. The SMILES string of the molecule is Cc1ccccc1CNC(=O)CSc1nccc(=O)[nH]1. The van der Waals surface area contributed by atoms with Gasteiger partial charge in [-0.3, -0.25) is 9.59 Å². The molecule has 0 bridgehead atoms. The third-order valence-electron chi connectivity index (χ3n) is 2.73. The molecule has 1 aromatic heterocycles. The lowest BCUT2D eigenvalue weighted by molar-refractivity contribution is -0.118. The first kappa shape index (κ1) is 14.3. The molecule has 0 fully saturated rings. The maximum Gasteiger partial charge on any atom is 0.251 e. The highest BCUT2D eigenvalue weighted by atomic mass is 32.2. The van der Waals surface area contributed by atoms with E-state index in [0.29, 0.717) is 11.7 Å². The van der Waals surface area contributed by atoms with Crippen LogP contribution in [0.15, 0.2) is 46.5 Å². The number of amides is 1. The summed E-state index contributed by atoms with van der Waals surface area (Å²) in [5.41, 5.74) is 2.02. The van der Waals surface area contributed by atoms with Gasteiger partial charge in [-0.25, -0.2) is 4.98 Å². The van der Waals surface area contributed by atoms with Gasteiger partial charge in [0.15, 0.2) is 5.16 Å². The zero-order valence-electron chi connectivity index (χ0n) is 11.1. The number of nitrogens with zero attached hydrogens (tertiary/aromatic N) is 1. The summed E-state index contributed by atoms with van der Waals surface area (Å²) in [5.74, 6) is 0.128. The number of hydrogen-bond donors (Lipinski definition) is 2. The van der Waals surface area contributed by atoms with Gasteiger partial charge in [-0.1, -0.05) is 36.0 Å². The monoisotopic (exact) mass is 289 g/mol. The van der Waals surface area contributed by atoms with Crippen molar-refractivity contribution in [1.82, 2.24) is 15.3 Å². The fraction of sp³-hybridized carbons (Fsp3) is 0.214. The van der Waals surface area contributed by atoms with Gasteiger partial charge in [-0.2, -0.15) is 0 Å². The van der Waals surface area contributed by atoms with Crippen molar-refractivity contribution in [2.24, 2.45) is 0 Å². The molecule has 1 amide bonds. The Morgan fingerprint density at radius 1 is 1.35 bits per heavy atom. The summed E-state index contributed by atoms with van der Waals surface area (Å²) in [6.45, 7) is 2.51. The molecule has 0 aliphatic carbocycles. The van der Waals surface area contributed by atoms with E-state index in [0.717, 1.165) is 11.1 Å². The summed E-state index contributed by atoms with van der Waals surface area (Å²) in [6.07, 6.45) is 1.42. The zero-order valence-corrected chi connectivity index (χ0v) is 11.9. The fourth-order valence-electron chi connectivity index (χ4n) is 1.61. The Labute approximate surface area is 120 Å². The zero-order chi connectivity index (χ0) is 14.4. The Morgan fingerprint density at radius 3 is 2.90 bits per heavy atom. The summed E-state index contributed by atoms with van der Waals surface area (Å²) >= 11 is 1.20. The summed E-state index contributed by atoms with van der Waals surface area (Å²) in [6, 6.07) is 9.24. The lowest BCUT2D eigenvalue weighted by Gasteiger charge is -2.07. The van der Waals surface area contributed by atoms with Gasteiger partial charge in [0.2, 0.25) is 5.91 Å². The minimum atomic E-state index is -0.220. The molecular weight excluding hydrogens is 274 g/mol.